The van der Waals surface area contributed by atoms with Crippen molar-refractivity contribution in [3.63, 3.8) is 0 Å². The lowest BCUT2D eigenvalue weighted by molar-refractivity contribution is -0.642. The highest BCUT2D eigenvalue weighted by atomic mass is 31.1. The average Bonchev–Trinajstić information content (AvgIpc) is 3.59. The fraction of sp³-hybridized carbons (Fsp3) is 0.0606. The fourth-order valence-corrected chi connectivity index (χ4v) is 8.93. The molecule has 0 aliphatic carbocycles. The largest absolute Gasteiger partial charge is 0.437 e. The predicted octanol–water partition coefficient (Wildman–Crippen LogP) is 8.66. The van der Waals surface area contributed by atoms with Gasteiger partial charge in [-0.3, -0.25) is 0 Å². The van der Waals surface area contributed by atoms with E-state index in [0.29, 0.717) is 0 Å². The molecule has 0 saturated carbocycles. The summed E-state index contributed by atoms with van der Waals surface area (Å²) in [6, 6.07) is 33.0. The molecule has 38 heavy (non-hydrogen) atoms. The van der Waals surface area contributed by atoms with Crippen LogP contribution in [0.4, 0.5) is 0 Å². The minimum atomic E-state index is -1.11. The van der Waals surface area contributed by atoms with Gasteiger partial charge in [0.1, 0.15) is 23.5 Å². The third kappa shape index (κ3) is 2.39. The average molecular weight is 509 g/mol. The second-order valence-electron chi connectivity index (χ2n) is 10.3. The molecule has 0 saturated heterocycles. The zero-order chi connectivity index (χ0) is 25.1. The van der Waals surface area contributed by atoms with Gasteiger partial charge in [0.25, 0.3) is 0 Å². The Morgan fingerprint density at radius 1 is 0.711 bits per heavy atom. The van der Waals surface area contributed by atoms with Crippen LogP contribution in [0.25, 0.3) is 70.6 Å². The molecule has 4 aromatic heterocycles. The minimum absolute atomic E-state index is 0.941. The number of hydrogen-bond donors (Lipinski definition) is 0. The molecule has 0 aliphatic rings. The van der Waals surface area contributed by atoms with Crippen LogP contribution in [0, 0.1) is 6.92 Å². The molecular weight excluding hydrogens is 485 g/mol. The Balaban J connectivity index is 1.74. The summed E-state index contributed by atoms with van der Waals surface area (Å²) in [4.78, 5) is 0. The molecule has 5 aromatic carbocycles. The van der Waals surface area contributed by atoms with Crippen LogP contribution in [0.15, 0.2) is 108 Å². The SMILES string of the molecule is Cc1c2ccc3ccc4c(c13)c1c(ccc3c1p(oc1ccccc12)c1n3cc[n+]1C)n4-c1ccccc1. The van der Waals surface area contributed by atoms with Gasteiger partial charge in [-0.1, -0.05) is 54.6 Å². The molecule has 0 N–H and O–H groups in total. The molecule has 2 bridgehead atoms. The van der Waals surface area contributed by atoms with Gasteiger partial charge in [0.15, 0.2) is 7.58 Å². The molecule has 4 heterocycles. The first-order valence-corrected chi connectivity index (χ1v) is 14.2. The van der Waals surface area contributed by atoms with E-state index in [0.717, 1.165) is 11.0 Å². The van der Waals surface area contributed by atoms with Crippen molar-refractivity contribution in [3.8, 4) is 5.69 Å². The molecule has 5 heteroatoms. The van der Waals surface area contributed by atoms with E-state index in [9.17, 15) is 0 Å². The lowest BCUT2D eigenvalue weighted by Crippen LogP contribution is -2.24. The number of imidazole rings is 1. The van der Waals surface area contributed by atoms with Gasteiger partial charge in [-0.15, -0.1) is 0 Å². The summed E-state index contributed by atoms with van der Waals surface area (Å²) in [6.45, 7) is 2.27. The maximum Gasteiger partial charge on any atom is 0.343 e. The quantitative estimate of drug-likeness (QED) is 0.204. The molecule has 0 fully saturated rings. The van der Waals surface area contributed by atoms with Crippen LogP contribution in [0.5, 0.6) is 0 Å². The van der Waals surface area contributed by atoms with Crippen molar-refractivity contribution in [2.75, 3.05) is 0 Å². The summed E-state index contributed by atoms with van der Waals surface area (Å²) >= 11 is 0. The fourth-order valence-electron chi connectivity index (χ4n) is 6.65. The number of hydrogen-bond acceptors (Lipinski definition) is 1. The van der Waals surface area contributed by atoms with Crippen molar-refractivity contribution in [2.24, 2.45) is 7.05 Å². The molecular formula is C33H23N3OP+. The third-order valence-electron chi connectivity index (χ3n) is 8.29. The first-order valence-electron chi connectivity index (χ1n) is 12.9. The van der Waals surface area contributed by atoms with Crippen molar-refractivity contribution in [1.29, 1.82) is 0 Å². The first-order chi connectivity index (χ1) is 18.7. The van der Waals surface area contributed by atoms with Gasteiger partial charge >= 0.3 is 5.38 Å². The predicted molar refractivity (Wildman–Crippen MR) is 158 cm³/mol. The molecule has 0 aliphatic heterocycles. The Labute approximate surface area is 218 Å². The molecule has 0 amide bonds. The van der Waals surface area contributed by atoms with E-state index >= 15 is 0 Å². The molecule has 9 rings (SSSR count). The zero-order valence-corrected chi connectivity index (χ0v) is 21.9. The van der Waals surface area contributed by atoms with Crippen LogP contribution in [0.1, 0.15) is 5.56 Å². The Morgan fingerprint density at radius 3 is 2.34 bits per heavy atom. The lowest BCUT2D eigenvalue weighted by atomic mass is 9.95. The Bertz CT molecular complexity index is 2420. The number of aryl methyl sites for hydroxylation is 2. The highest BCUT2D eigenvalue weighted by Crippen LogP contribution is 2.50. The van der Waals surface area contributed by atoms with E-state index < -0.39 is 7.58 Å². The van der Waals surface area contributed by atoms with E-state index in [2.05, 4.69) is 131 Å². The number of aromatic nitrogens is 3. The molecule has 0 spiro atoms. The van der Waals surface area contributed by atoms with Gasteiger partial charge in [0.2, 0.25) is 0 Å². The number of benzene rings is 5. The van der Waals surface area contributed by atoms with Gasteiger partial charge in [-0.2, -0.15) is 4.40 Å². The first kappa shape index (κ1) is 20.5. The number of nitrogens with zero attached hydrogens (tertiary/aromatic N) is 3. The molecule has 1 atom stereocenters. The van der Waals surface area contributed by atoms with Crippen molar-refractivity contribution in [1.82, 2.24) is 8.97 Å². The van der Waals surface area contributed by atoms with Gasteiger partial charge in [-0.25, -0.2) is 4.57 Å². The zero-order valence-electron chi connectivity index (χ0n) is 21.0. The van der Waals surface area contributed by atoms with Crippen molar-refractivity contribution >= 4 is 72.5 Å². The van der Waals surface area contributed by atoms with Crippen LogP contribution in [0.2, 0.25) is 0 Å². The number of para-hydroxylation sites is 2. The molecule has 1 unspecified atom stereocenters. The third-order valence-corrected chi connectivity index (χ3v) is 10.4. The highest BCUT2D eigenvalue weighted by Gasteiger charge is 2.27. The van der Waals surface area contributed by atoms with Crippen LogP contribution >= 0.6 is 7.58 Å². The van der Waals surface area contributed by atoms with Crippen molar-refractivity contribution < 1.29 is 8.76 Å². The Kier molecular flexibility index (Phi) is 3.81. The van der Waals surface area contributed by atoms with Gasteiger partial charge in [-0.05, 0) is 65.0 Å². The Hall–Kier alpha value is -4.53. The van der Waals surface area contributed by atoms with Gasteiger partial charge in [0.05, 0.1) is 23.2 Å². The topological polar surface area (TPSA) is 26.4 Å². The van der Waals surface area contributed by atoms with E-state index in [4.69, 9.17) is 4.20 Å². The highest BCUT2D eigenvalue weighted by molar-refractivity contribution is 7.51. The molecule has 180 valence electrons. The van der Waals surface area contributed by atoms with Crippen molar-refractivity contribution in [2.45, 2.75) is 6.92 Å². The number of rotatable bonds is 1. The summed E-state index contributed by atoms with van der Waals surface area (Å²) in [5.74, 6) is 0. The van der Waals surface area contributed by atoms with Crippen LogP contribution in [0.3, 0.4) is 0 Å². The summed E-state index contributed by atoms with van der Waals surface area (Å²) < 4.78 is 14.1. The van der Waals surface area contributed by atoms with E-state index in [1.807, 2.05) is 0 Å². The normalized spacial score (nSPS) is 12.9. The maximum absolute atomic E-state index is 7.14. The summed E-state index contributed by atoms with van der Waals surface area (Å²) in [7, 11) is 1.02. The monoisotopic (exact) mass is 508 g/mol. The summed E-state index contributed by atoms with van der Waals surface area (Å²) in [6.07, 6.45) is 4.31. The van der Waals surface area contributed by atoms with E-state index in [-0.39, 0.29) is 0 Å². The standard InChI is InChI=1S/C33H23N3OP/c1-20-23-14-12-21-13-15-25-30(29(20)21)31-26(36(25)22-8-4-3-5-9-22)16-17-27-32(31)38(33-34(2)18-19-35(27)33)37-28-11-7-6-10-24(23)28/h3-19H,1-2H3/q+1. The maximum atomic E-state index is 7.14. The number of fused-ring (bicyclic) bond motifs is 6. The summed E-state index contributed by atoms with van der Waals surface area (Å²) in [5, 5.41) is 10.1. The lowest BCUT2D eigenvalue weighted by Gasteiger charge is -2.10. The van der Waals surface area contributed by atoms with Gasteiger partial charge in [0, 0.05) is 21.8 Å². The second kappa shape index (κ2) is 7.06. The second-order valence-corrected chi connectivity index (χ2v) is 11.9. The van der Waals surface area contributed by atoms with E-state index in [1.54, 1.807) is 0 Å². The van der Waals surface area contributed by atoms with Crippen LogP contribution in [-0.4, -0.2) is 8.97 Å². The molecule has 9 aromatic rings. The smallest absolute Gasteiger partial charge is 0.343 e. The van der Waals surface area contributed by atoms with Crippen molar-refractivity contribution in [3.05, 3.63) is 109 Å². The molecule has 0 radical (unpaired) electrons. The Morgan fingerprint density at radius 2 is 1.45 bits per heavy atom. The minimum Gasteiger partial charge on any atom is -0.437 e. The molecule has 4 nitrogen and oxygen atoms in total. The van der Waals surface area contributed by atoms with Gasteiger partial charge < -0.3 is 8.76 Å². The van der Waals surface area contributed by atoms with Crippen LogP contribution < -0.4 is 4.57 Å². The van der Waals surface area contributed by atoms with E-state index in [1.165, 1.54) is 65.2 Å². The van der Waals surface area contributed by atoms with Crippen LogP contribution in [-0.2, 0) is 7.05 Å². The summed E-state index contributed by atoms with van der Waals surface area (Å²) in [5.41, 5.74) is 7.08.